The van der Waals surface area contributed by atoms with Gasteiger partial charge in [-0.3, -0.25) is 4.98 Å². The van der Waals surface area contributed by atoms with E-state index in [2.05, 4.69) is 17.2 Å². The van der Waals surface area contributed by atoms with E-state index in [9.17, 15) is 0 Å². The Morgan fingerprint density at radius 1 is 1.55 bits per heavy atom. The highest BCUT2D eigenvalue weighted by molar-refractivity contribution is 5.36. The van der Waals surface area contributed by atoms with Gasteiger partial charge in [-0.05, 0) is 18.2 Å². The summed E-state index contributed by atoms with van der Waals surface area (Å²) in [6.45, 7) is 3.88. The zero-order chi connectivity index (χ0) is 8.10. The number of hydrogen-bond acceptors (Lipinski definition) is 3. The number of rotatable bonds is 3. The Morgan fingerprint density at radius 3 is 3.00 bits per heavy atom. The largest absolute Gasteiger partial charge is 0.397 e. The first-order chi connectivity index (χ1) is 5.33. The zero-order valence-electron chi connectivity index (χ0n) is 6.67. The summed E-state index contributed by atoms with van der Waals surface area (Å²) >= 11 is 0. The molecule has 0 unspecified atom stereocenters. The van der Waals surface area contributed by atoms with Crippen LogP contribution in [0.25, 0.3) is 0 Å². The number of pyridine rings is 1. The lowest BCUT2D eigenvalue weighted by atomic mass is 10.2. The number of nitrogens with two attached hydrogens (primary N) is 1. The van der Waals surface area contributed by atoms with Gasteiger partial charge < -0.3 is 11.1 Å². The molecule has 0 fully saturated rings. The Kier molecular flexibility index (Phi) is 2.86. The molecule has 0 saturated heterocycles. The average molecular weight is 151 g/mol. The van der Waals surface area contributed by atoms with E-state index in [4.69, 9.17) is 5.73 Å². The Bertz CT molecular complexity index is 222. The molecule has 1 aromatic heterocycles. The minimum Gasteiger partial charge on any atom is -0.397 e. The Balaban J connectivity index is 2.56. The fourth-order valence-corrected chi connectivity index (χ4v) is 0.874. The Morgan fingerprint density at radius 2 is 2.36 bits per heavy atom. The summed E-state index contributed by atoms with van der Waals surface area (Å²) in [7, 11) is 0. The lowest BCUT2D eigenvalue weighted by molar-refractivity contribution is 0.725. The van der Waals surface area contributed by atoms with Crippen molar-refractivity contribution in [2.75, 3.05) is 12.3 Å². The van der Waals surface area contributed by atoms with Crippen molar-refractivity contribution >= 4 is 5.69 Å². The second-order valence-corrected chi connectivity index (χ2v) is 2.41. The number of anilines is 1. The fraction of sp³-hybridized carbons (Fsp3) is 0.375. The topological polar surface area (TPSA) is 50.9 Å². The van der Waals surface area contributed by atoms with Crippen LogP contribution < -0.4 is 11.1 Å². The number of hydrogen-bond donors (Lipinski definition) is 2. The van der Waals surface area contributed by atoms with Crippen molar-refractivity contribution < 1.29 is 0 Å². The van der Waals surface area contributed by atoms with Gasteiger partial charge in [0.1, 0.15) is 0 Å². The predicted molar refractivity (Wildman–Crippen MR) is 46.0 cm³/mol. The first-order valence-electron chi connectivity index (χ1n) is 3.73. The number of nitrogens with one attached hydrogen (secondary N) is 1. The van der Waals surface area contributed by atoms with Crippen LogP contribution in [0.5, 0.6) is 0 Å². The molecule has 11 heavy (non-hydrogen) atoms. The lowest BCUT2D eigenvalue weighted by Crippen LogP contribution is -2.11. The van der Waals surface area contributed by atoms with E-state index in [0.29, 0.717) is 0 Å². The van der Waals surface area contributed by atoms with E-state index in [1.807, 2.05) is 12.3 Å². The Hall–Kier alpha value is -1.09. The van der Waals surface area contributed by atoms with Gasteiger partial charge in [0, 0.05) is 18.9 Å². The second kappa shape index (κ2) is 3.93. The third-order valence-electron chi connectivity index (χ3n) is 1.40. The van der Waals surface area contributed by atoms with Crippen molar-refractivity contribution in [2.45, 2.75) is 13.5 Å². The molecule has 0 atom stereocenters. The van der Waals surface area contributed by atoms with E-state index >= 15 is 0 Å². The van der Waals surface area contributed by atoms with Crippen LogP contribution >= 0.6 is 0 Å². The van der Waals surface area contributed by atoms with Gasteiger partial charge in [-0.25, -0.2) is 0 Å². The molecule has 0 bridgehead atoms. The van der Waals surface area contributed by atoms with Crippen molar-refractivity contribution in [1.82, 2.24) is 10.3 Å². The molecule has 0 aliphatic rings. The molecule has 0 aliphatic carbocycles. The van der Waals surface area contributed by atoms with E-state index in [0.717, 1.165) is 24.3 Å². The second-order valence-electron chi connectivity index (χ2n) is 2.41. The molecule has 1 rings (SSSR count). The normalized spacial score (nSPS) is 9.91. The van der Waals surface area contributed by atoms with Crippen LogP contribution in [0, 0.1) is 0 Å². The van der Waals surface area contributed by atoms with Gasteiger partial charge in [0.25, 0.3) is 0 Å². The summed E-state index contributed by atoms with van der Waals surface area (Å²) in [5.41, 5.74) is 7.39. The van der Waals surface area contributed by atoms with Crippen LogP contribution in [0.3, 0.4) is 0 Å². The zero-order valence-corrected chi connectivity index (χ0v) is 6.67. The van der Waals surface area contributed by atoms with Crippen molar-refractivity contribution in [3.05, 3.63) is 24.0 Å². The quantitative estimate of drug-likeness (QED) is 0.671. The highest BCUT2D eigenvalue weighted by Gasteiger charge is 1.91. The maximum atomic E-state index is 5.54. The van der Waals surface area contributed by atoms with Crippen molar-refractivity contribution in [3.63, 3.8) is 0 Å². The van der Waals surface area contributed by atoms with Crippen LogP contribution in [0.1, 0.15) is 12.5 Å². The highest BCUT2D eigenvalue weighted by Crippen LogP contribution is 2.02. The molecule has 1 aromatic rings. The van der Waals surface area contributed by atoms with Gasteiger partial charge in [-0.15, -0.1) is 0 Å². The van der Waals surface area contributed by atoms with Gasteiger partial charge >= 0.3 is 0 Å². The summed E-state index contributed by atoms with van der Waals surface area (Å²) < 4.78 is 0. The van der Waals surface area contributed by atoms with Crippen molar-refractivity contribution in [2.24, 2.45) is 0 Å². The molecule has 0 saturated carbocycles. The standard InChI is InChI=1S/C8H13N3/c1-2-10-4-7-3-8(9)6-11-5-7/h3,5-6,10H,2,4,9H2,1H3. The molecule has 3 heteroatoms. The Labute approximate surface area is 66.6 Å². The summed E-state index contributed by atoms with van der Waals surface area (Å²) in [6.07, 6.45) is 3.47. The molecular weight excluding hydrogens is 138 g/mol. The van der Waals surface area contributed by atoms with Crippen molar-refractivity contribution in [3.8, 4) is 0 Å². The molecule has 3 nitrogen and oxygen atoms in total. The smallest absolute Gasteiger partial charge is 0.0503 e. The van der Waals surface area contributed by atoms with Crippen LogP contribution in [0.15, 0.2) is 18.5 Å². The molecule has 60 valence electrons. The van der Waals surface area contributed by atoms with E-state index in [1.165, 1.54) is 0 Å². The lowest BCUT2D eigenvalue weighted by Gasteiger charge is -2.01. The first-order valence-corrected chi connectivity index (χ1v) is 3.73. The fourth-order valence-electron chi connectivity index (χ4n) is 0.874. The van der Waals surface area contributed by atoms with E-state index in [1.54, 1.807) is 6.20 Å². The highest BCUT2D eigenvalue weighted by atomic mass is 14.8. The maximum absolute atomic E-state index is 5.54. The van der Waals surface area contributed by atoms with Gasteiger partial charge in [0.2, 0.25) is 0 Å². The average Bonchev–Trinajstić information content (AvgIpc) is 2.01. The number of aromatic nitrogens is 1. The molecule has 0 aliphatic heterocycles. The third kappa shape index (κ3) is 2.55. The van der Waals surface area contributed by atoms with Crippen LogP contribution in [0.4, 0.5) is 5.69 Å². The molecular formula is C8H13N3. The summed E-state index contributed by atoms with van der Waals surface area (Å²) in [4.78, 5) is 3.97. The molecule has 0 radical (unpaired) electrons. The number of nitrogens with zero attached hydrogens (tertiary/aromatic N) is 1. The van der Waals surface area contributed by atoms with Gasteiger partial charge in [-0.1, -0.05) is 6.92 Å². The maximum Gasteiger partial charge on any atom is 0.0503 e. The SMILES string of the molecule is CCNCc1cncc(N)c1. The molecule has 1 heterocycles. The van der Waals surface area contributed by atoms with Crippen LogP contribution in [-0.2, 0) is 6.54 Å². The van der Waals surface area contributed by atoms with Gasteiger partial charge in [0.05, 0.1) is 5.69 Å². The summed E-state index contributed by atoms with van der Waals surface area (Å²) in [5.74, 6) is 0. The minimum atomic E-state index is 0.723. The molecule has 3 N–H and O–H groups in total. The van der Waals surface area contributed by atoms with E-state index in [-0.39, 0.29) is 0 Å². The summed E-state index contributed by atoms with van der Waals surface area (Å²) in [5, 5.41) is 3.20. The minimum absolute atomic E-state index is 0.723. The number of nitrogen functional groups attached to an aromatic ring is 1. The predicted octanol–water partition coefficient (Wildman–Crippen LogP) is 0.773. The van der Waals surface area contributed by atoms with E-state index < -0.39 is 0 Å². The monoisotopic (exact) mass is 151 g/mol. The molecule has 0 spiro atoms. The van der Waals surface area contributed by atoms with Crippen LogP contribution in [0.2, 0.25) is 0 Å². The van der Waals surface area contributed by atoms with Crippen molar-refractivity contribution in [1.29, 1.82) is 0 Å². The third-order valence-corrected chi connectivity index (χ3v) is 1.40. The molecule has 0 aromatic carbocycles. The molecule has 0 amide bonds. The van der Waals surface area contributed by atoms with Gasteiger partial charge in [-0.2, -0.15) is 0 Å². The first kappa shape index (κ1) is 8.01. The van der Waals surface area contributed by atoms with Crippen LogP contribution in [-0.4, -0.2) is 11.5 Å². The van der Waals surface area contributed by atoms with Gasteiger partial charge in [0.15, 0.2) is 0 Å². The summed E-state index contributed by atoms with van der Waals surface area (Å²) in [6, 6.07) is 1.93.